The zero-order valence-electron chi connectivity index (χ0n) is 10.6. The molecule has 18 heavy (non-hydrogen) atoms. The highest BCUT2D eigenvalue weighted by Crippen LogP contribution is 2.36. The lowest BCUT2D eigenvalue weighted by molar-refractivity contribution is 0.107. The minimum atomic E-state index is -0.219. The van der Waals surface area contributed by atoms with Gasteiger partial charge in [-0.2, -0.15) is 0 Å². The number of benzene rings is 1. The molecule has 1 aromatic carbocycles. The fourth-order valence-electron chi connectivity index (χ4n) is 2.43. The van der Waals surface area contributed by atoms with Gasteiger partial charge in [-0.3, -0.25) is 4.90 Å². The van der Waals surface area contributed by atoms with Crippen LogP contribution < -0.4 is 10.1 Å². The number of ether oxygens (including phenoxy) is 1. The van der Waals surface area contributed by atoms with E-state index >= 15 is 0 Å². The molecule has 1 heterocycles. The van der Waals surface area contributed by atoms with Crippen LogP contribution in [0.4, 0.5) is 0 Å². The van der Waals surface area contributed by atoms with E-state index in [2.05, 4.69) is 10.2 Å². The molecule has 1 aromatic rings. The second-order valence-corrected chi connectivity index (χ2v) is 4.38. The first-order chi connectivity index (χ1) is 8.77. The van der Waals surface area contributed by atoms with Gasteiger partial charge in [-0.15, -0.1) is 0 Å². The summed E-state index contributed by atoms with van der Waals surface area (Å²) in [5.74, 6) is 0.791. The molecule has 0 amide bonds. The molecule has 0 aromatic heterocycles. The molecule has 1 aliphatic rings. The van der Waals surface area contributed by atoms with Crippen molar-refractivity contribution < 1.29 is 14.9 Å². The predicted molar refractivity (Wildman–Crippen MR) is 68.9 cm³/mol. The molecule has 5 nitrogen and oxygen atoms in total. The number of phenols is 1. The molecular formula is C13H20N2O3. The molecule has 0 spiro atoms. The quantitative estimate of drug-likeness (QED) is 0.721. The maximum Gasteiger partial charge on any atom is 0.127 e. The van der Waals surface area contributed by atoms with E-state index in [-0.39, 0.29) is 18.4 Å². The monoisotopic (exact) mass is 252 g/mol. The fourth-order valence-corrected chi connectivity index (χ4v) is 2.43. The van der Waals surface area contributed by atoms with E-state index in [0.29, 0.717) is 11.3 Å². The summed E-state index contributed by atoms with van der Waals surface area (Å²) < 4.78 is 5.29. The smallest absolute Gasteiger partial charge is 0.127 e. The summed E-state index contributed by atoms with van der Waals surface area (Å²) in [6, 6.07) is 4.95. The Bertz CT molecular complexity index is 392. The summed E-state index contributed by atoms with van der Waals surface area (Å²) in [5.41, 5.74) is 0.671. The molecule has 0 unspecified atom stereocenters. The van der Waals surface area contributed by atoms with Gasteiger partial charge in [-0.25, -0.2) is 0 Å². The molecule has 0 bridgehead atoms. The standard InChI is InChI=1S/C13H20N2O3/c1-18-12-4-2-3-11(17)13(12)10(9-16)15-7-5-14-6-8-15/h2-4,10,14,16-17H,5-9H2,1H3/t10-/m1/s1. The summed E-state index contributed by atoms with van der Waals surface area (Å²) in [5, 5.41) is 22.9. The SMILES string of the molecule is COc1cccc(O)c1[C@@H](CO)N1CCNCC1. The van der Waals surface area contributed by atoms with Crippen molar-refractivity contribution in [3.63, 3.8) is 0 Å². The van der Waals surface area contributed by atoms with E-state index in [4.69, 9.17) is 4.74 Å². The number of rotatable bonds is 4. The molecular weight excluding hydrogens is 232 g/mol. The van der Waals surface area contributed by atoms with Crippen molar-refractivity contribution in [2.45, 2.75) is 6.04 Å². The first kappa shape index (κ1) is 13.1. The summed E-state index contributed by atoms with van der Waals surface area (Å²) in [6.07, 6.45) is 0. The maximum absolute atomic E-state index is 10.0. The average molecular weight is 252 g/mol. The largest absolute Gasteiger partial charge is 0.507 e. The van der Waals surface area contributed by atoms with E-state index in [1.165, 1.54) is 0 Å². The number of nitrogens with one attached hydrogen (secondary N) is 1. The molecule has 1 atom stereocenters. The van der Waals surface area contributed by atoms with E-state index < -0.39 is 0 Å². The van der Waals surface area contributed by atoms with Gasteiger partial charge < -0.3 is 20.3 Å². The third kappa shape index (κ3) is 2.58. The summed E-state index contributed by atoms with van der Waals surface area (Å²) in [7, 11) is 1.57. The van der Waals surface area contributed by atoms with E-state index in [1.807, 2.05) is 0 Å². The Labute approximate surface area is 107 Å². The highest BCUT2D eigenvalue weighted by Gasteiger charge is 2.26. The summed E-state index contributed by atoms with van der Waals surface area (Å²) >= 11 is 0. The molecule has 0 radical (unpaired) electrons. The van der Waals surface area contributed by atoms with Gasteiger partial charge in [0.1, 0.15) is 11.5 Å². The Morgan fingerprint density at radius 1 is 1.39 bits per heavy atom. The molecule has 1 fully saturated rings. The number of aromatic hydroxyl groups is 1. The van der Waals surface area contributed by atoms with Gasteiger partial charge in [0.05, 0.1) is 25.3 Å². The molecule has 5 heteroatoms. The van der Waals surface area contributed by atoms with Gasteiger partial charge in [0.2, 0.25) is 0 Å². The topological polar surface area (TPSA) is 65.0 Å². The van der Waals surface area contributed by atoms with Gasteiger partial charge >= 0.3 is 0 Å². The summed E-state index contributed by atoms with van der Waals surface area (Å²) in [4.78, 5) is 2.16. The molecule has 0 saturated carbocycles. The molecule has 100 valence electrons. The van der Waals surface area contributed by atoms with Crippen LogP contribution in [0.2, 0.25) is 0 Å². The molecule has 1 saturated heterocycles. The zero-order valence-corrected chi connectivity index (χ0v) is 10.6. The van der Waals surface area contributed by atoms with Crippen LogP contribution in [0.3, 0.4) is 0 Å². The van der Waals surface area contributed by atoms with Crippen LogP contribution in [0.15, 0.2) is 18.2 Å². The van der Waals surface area contributed by atoms with Gasteiger partial charge in [-0.05, 0) is 12.1 Å². The first-order valence-electron chi connectivity index (χ1n) is 6.19. The van der Waals surface area contributed by atoms with Gasteiger partial charge in [0.15, 0.2) is 0 Å². The van der Waals surface area contributed by atoms with E-state index in [1.54, 1.807) is 25.3 Å². The van der Waals surface area contributed by atoms with Crippen molar-refractivity contribution in [3.8, 4) is 11.5 Å². The third-order valence-electron chi connectivity index (χ3n) is 3.36. The average Bonchev–Trinajstić information content (AvgIpc) is 2.42. The van der Waals surface area contributed by atoms with Crippen molar-refractivity contribution in [3.05, 3.63) is 23.8 Å². The maximum atomic E-state index is 10.0. The number of hydrogen-bond donors (Lipinski definition) is 3. The Hall–Kier alpha value is -1.30. The Morgan fingerprint density at radius 3 is 2.72 bits per heavy atom. The van der Waals surface area contributed by atoms with Crippen LogP contribution in [-0.4, -0.2) is 55.0 Å². The van der Waals surface area contributed by atoms with Crippen LogP contribution in [0, 0.1) is 0 Å². The van der Waals surface area contributed by atoms with Crippen molar-refractivity contribution in [2.24, 2.45) is 0 Å². The van der Waals surface area contributed by atoms with Crippen LogP contribution in [0.25, 0.3) is 0 Å². The van der Waals surface area contributed by atoms with Crippen LogP contribution in [0.5, 0.6) is 11.5 Å². The van der Waals surface area contributed by atoms with Crippen LogP contribution in [-0.2, 0) is 0 Å². The fraction of sp³-hybridized carbons (Fsp3) is 0.538. The highest BCUT2D eigenvalue weighted by molar-refractivity contribution is 5.46. The number of methoxy groups -OCH3 is 1. The molecule has 0 aliphatic carbocycles. The van der Waals surface area contributed by atoms with Crippen molar-refractivity contribution in [1.82, 2.24) is 10.2 Å². The number of piperazine rings is 1. The summed E-state index contributed by atoms with van der Waals surface area (Å²) in [6.45, 7) is 3.46. The van der Waals surface area contributed by atoms with Gasteiger partial charge in [0.25, 0.3) is 0 Å². The Balaban J connectivity index is 2.31. The molecule has 2 rings (SSSR count). The second kappa shape index (κ2) is 6.04. The van der Waals surface area contributed by atoms with E-state index in [0.717, 1.165) is 26.2 Å². The number of aliphatic hydroxyl groups is 1. The zero-order chi connectivity index (χ0) is 13.0. The van der Waals surface area contributed by atoms with Crippen LogP contribution in [0.1, 0.15) is 11.6 Å². The lowest BCUT2D eigenvalue weighted by atomic mass is 10.0. The Morgan fingerprint density at radius 2 is 2.11 bits per heavy atom. The molecule has 3 N–H and O–H groups in total. The third-order valence-corrected chi connectivity index (χ3v) is 3.36. The minimum absolute atomic E-state index is 0.0338. The second-order valence-electron chi connectivity index (χ2n) is 4.38. The lowest BCUT2D eigenvalue weighted by Crippen LogP contribution is -2.46. The van der Waals surface area contributed by atoms with Crippen molar-refractivity contribution in [2.75, 3.05) is 39.9 Å². The van der Waals surface area contributed by atoms with Crippen molar-refractivity contribution in [1.29, 1.82) is 0 Å². The van der Waals surface area contributed by atoms with Crippen molar-refractivity contribution >= 4 is 0 Å². The number of aliphatic hydroxyl groups excluding tert-OH is 1. The van der Waals surface area contributed by atoms with Gasteiger partial charge in [-0.1, -0.05) is 6.07 Å². The van der Waals surface area contributed by atoms with E-state index in [9.17, 15) is 10.2 Å². The normalized spacial score (nSPS) is 18.6. The van der Waals surface area contributed by atoms with Gasteiger partial charge in [0, 0.05) is 26.2 Å². The molecule has 1 aliphatic heterocycles. The van der Waals surface area contributed by atoms with Crippen LogP contribution >= 0.6 is 0 Å². The highest BCUT2D eigenvalue weighted by atomic mass is 16.5. The lowest BCUT2D eigenvalue weighted by Gasteiger charge is -2.34. The predicted octanol–water partition coefficient (Wildman–Crippen LogP) is 0.339. The number of nitrogens with zero attached hydrogens (tertiary/aromatic N) is 1. The first-order valence-corrected chi connectivity index (χ1v) is 6.19. The Kier molecular flexibility index (Phi) is 4.41. The minimum Gasteiger partial charge on any atom is -0.507 e. The number of hydrogen-bond acceptors (Lipinski definition) is 5. The number of phenolic OH excluding ortho intramolecular Hbond substituents is 1.